The normalized spacial score (nSPS) is 13.3. The van der Waals surface area contributed by atoms with Crippen molar-refractivity contribution in [1.82, 2.24) is 4.90 Å². The van der Waals surface area contributed by atoms with Crippen LogP contribution in [0.3, 0.4) is 0 Å². The topological polar surface area (TPSA) is 3.24 Å². The fourth-order valence-electron chi connectivity index (χ4n) is 3.19. The molecule has 1 atom stereocenters. The number of rotatable bonds is 7. The maximum atomic E-state index is 2.65. The first-order chi connectivity index (χ1) is 11.0. The largest absolute Gasteiger partial charge is 0.292 e. The van der Waals surface area contributed by atoms with Crippen LogP contribution in [0, 0.1) is 5.41 Å². The van der Waals surface area contributed by atoms with E-state index in [0.29, 0.717) is 11.5 Å². The minimum absolute atomic E-state index is 0.353. The Bertz CT molecular complexity index is 512. The van der Waals surface area contributed by atoms with Gasteiger partial charge in [-0.15, -0.1) is 0 Å². The Hall–Kier alpha value is -1.60. The minimum Gasteiger partial charge on any atom is -0.292 e. The zero-order valence-corrected chi connectivity index (χ0v) is 15.1. The summed E-state index contributed by atoms with van der Waals surface area (Å²) in [5.41, 5.74) is 3.15. The van der Waals surface area contributed by atoms with Gasteiger partial charge in [0.1, 0.15) is 0 Å². The molecule has 0 radical (unpaired) electrons. The van der Waals surface area contributed by atoms with E-state index in [-0.39, 0.29) is 0 Å². The maximum absolute atomic E-state index is 2.65. The summed E-state index contributed by atoms with van der Waals surface area (Å²) in [7, 11) is 0. The van der Waals surface area contributed by atoms with Gasteiger partial charge in [-0.25, -0.2) is 0 Å². The second-order valence-electron chi connectivity index (χ2n) is 7.70. The Morgan fingerprint density at radius 3 is 1.57 bits per heavy atom. The van der Waals surface area contributed by atoms with E-state index in [1.807, 2.05) is 0 Å². The molecule has 124 valence electrons. The molecule has 0 aliphatic rings. The molecule has 0 N–H and O–H groups in total. The van der Waals surface area contributed by atoms with Gasteiger partial charge in [0.2, 0.25) is 0 Å². The molecule has 1 heteroatoms. The molecule has 0 saturated carbocycles. The Labute approximate surface area is 142 Å². The number of hydrogen-bond donors (Lipinski definition) is 0. The Balaban J connectivity index is 2.18. The molecule has 23 heavy (non-hydrogen) atoms. The van der Waals surface area contributed by atoms with Crippen LogP contribution in [0.25, 0.3) is 0 Å². The van der Waals surface area contributed by atoms with Gasteiger partial charge in [0.15, 0.2) is 0 Å². The van der Waals surface area contributed by atoms with Crippen molar-refractivity contribution < 1.29 is 0 Å². The van der Waals surface area contributed by atoms with Gasteiger partial charge in [-0.05, 0) is 29.4 Å². The van der Waals surface area contributed by atoms with Crippen LogP contribution in [0.5, 0.6) is 0 Å². The van der Waals surface area contributed by atoms with Crippen molar-refractivity contribution in [3.8, 4) is 0 Å². The number of hydrogen-bond acceptors (Lipinski definition) is 1. The molecule has 0 unspecified atom stereocenters. The van der Waals surface area contributed by atoms with Gasteiger partial charge in [0.25, 0.3) is 0 Å². The van der Waals surface area contributed by atoms with E-state index in [0.717, 1.165) is 13.1 Å². The summed E-state index contributed by atoms with van der Waals surface area (Å²) in [4.78, 5) is 2.65. The van der Waals surface area contributed by atoms with Gasteiger partial charge in [0.05, 0.1) is 0 Å². The molecule has 0 aliphatic heterocycles. The molecule has 1 nitrogen and oxygen atoms in total. The van der Waals surface area contributed by atoms with Crippen molar-refractivity contribution in [1.29, 1.82) is 0 Å². The van der Waals surface area contributed by atoms with Gasteiger partial charge in [0, 0.05) is 19.1 Å². The Morgan fingerprint density at radius 2 is 1.22 bits per heavy atom. The molecule has 0 heterocycles. The highest BCUT2D eigenvalue weighted by Gasteiger charge is 2.23. The third kappa shape index (κ3) is 6.19. The first kappa shape index (κ1) is 17.7. The second kappa shape index (κ2) is 8.31. The van der Waals surface area contributed by atoms with Gasteiger partial charge in [-0.2, -0.15) is 0 Å². The summed E-state index contributed by atoms with van der Waals surface area (Å²) >= 11 is 0. The van der Waals surface area contributed by atoms with Gasteiger partial charge >= 0.3 is 0 Å². The predicted octanol–water partition coefficient (Wildman–Crippen LogP) is 5.90. The molecule has 0 amide bonds. The van der Waals surface area contributed by atoms with Crippen LogP contribution >= 0.6 is 0 Å². The SMILES string of the molecule is CC[C@@H](CC(C)(C)C)N(Cc1ccccc1)Cc1ccccc1. The molecular formula is C22H31N. The van der Waals surface area contributed by atoms with E-state index in [2.05, 4.69) is 93.3 Å². The Morgan fingerprint density at radius 1 is 0.783 bits per heavy atom. The second-order valence-corrected chi connectivity index (χ2v) is 7.70. The lowest BCUT2D eigenvalue weighted by atomic mass is 9.86. The summed E-state index contributed by atoms with van der Waals surface area (Å²) in [5.74, 6) is 0. The van der Waals surface area contributed by atoms with Crippen LogP contribution in [0.15, 0.2) is 60.7 Å². The minimum atomic E-state index is 0.353. The van der Waals surface area contributed by atoms with Crippen molar-refractivity contribution in [3.63, 3.8) is 0 Å². The lowest BCUT2D eigenvalue weighted by Gasteiger charge is -2.35. The van der Waals surface area contributed by atoms with Crippen LogP contribution in [0.1, 0.15) is 51.7 Å². The van der Waals surface area contributed by atoms with Crippen LogP contribution in [-0.2, 0) is 13.1 Å². The van der Waals surface area contributed by atoms with E-state index in [1.54, 1.807) is 0 Å². The van der Waals surface area contributed by atoms with Gasteiger partial charge in [-0.1, -0.05) is 88.4 Å². The van der Waals surface area contributed by atoms with Gasteiger partial charge < -0.3 is 0 Å². The fourth-order valence-corrected chi connectivity index (χ4v) is 3.19. The lowest BCUT2D eigenvalue weighted by molar-refractivity contribution is 0.129. The van der Waals surface area contributed by atoms with E-state index < -0.39 is 0 Å². The molecule has 0 aromatic heterocycles. The highest BCUT2D eigenvalue weighted by atomic mass is 15.2. The number of benzene rings is 2. The van der Waals surface area contributed by atoms with Crippen LogP contribution < -0.4 is 0 Å². The monoisotopic (exact) mass is 309 g/mol. The quantitative estimate of drug-likeness (QED) is 0.615. The average Bonchev–Trinajstić information content (AvgIpc) is 2.53. The zero-order chi connectivity index (χ0) is 16.7. The molecule has 2 aromatic carbocycles. The maximum Gasteiger partial charge on any atom is 0.0240 e. The van der Waals surface area contributed by atoms with E-state index in [4.69, 9.17) is 0 Å². The third-order valence-electron chi connectivity index (χ3n) is 4.29. The van der Waals surface area contributed by atoms with Gasteiger partial charge in [-0.3, -0.25) is 4.90 Å². The van der Waals surface area contributed by atoms with Crippen molar-refractivity contribution in [2.24, 2.45) is 5.41 Å². The summed E-state index contributed by atoms with van der Waals surface area (Å²) in [6, 6.07) is 22.3. The van der Waals surface area contributed by atoms with Crippen molar-refractivity contribution >= 4 is 0 Å². The molecule has 0 bridgehead atoms. The van der Waals surface area contributed by atoms with Crippen LogP contribution in [0.2, 0.25) is 0 Å². The Kier molecular flexibility index (Phi) is 6.41. The van der Waals surface area contributed by atoms with E-state index >= 15 is 0 Å². The lowest BCUT2D eigenvalue weighted by Crippen LogP contribution is -2.36. The standard InChI is InChI=1S/C22H31N/c1-5-21(16-22(2,3)4)23(17-19-12-8-6-9-13-19)18-20-14-10-7-11-15-20/h6-15,21H,5,16-18H2,1-4H3/t21-/m0/s1. The van der Waals surface area contributed by atoms with Crippen molar-refractivity contribution in [2.45, 2.75) is 59.7 Å². The molecular weight excluding hydrogens is 278 g/mol. The summed E-state index contributed by atoms with van der Waals surface area (Å²) in [6.07, 6.45) is 2.42. The molecule has 2 aromatic rings. The highest BCUT2D eigenvalue weighted by Crippen LogP contribution is 2.27. The van der Waals surface area contributed by atoms with Crippen LogP contribution in [0.4, 0.5) is 0 Å². The summed E-state index contributed by atoms with van der Waals surface area (Å²) < 4.78 is 0. The molecule has 0 fully saturated rings. The molecule has 2 rings (SSSR count). The summed E-state index contributed by atoms with van der Waals surface area (Å²) in [5, 5.41) is 0. The first-order valence-electron chi connectivity index (χ1n) is 8.80. The highest BCUT2D eigenvalue weighted by molar-refractivity contribution is 5.17. The smallest absolute Gasteiger partial charge is 0.0240 e. The van der Waals surface area contributed by atoms with Crippen LogP contribution in [-0.4, -0.2) is 10.9 Å². The average molecular weight is 309 g/mol. The molecule has 0 saturated heterocycles. The fraction of sp³-hybridized carbons (Fsp3) is 0.455. The third-order valence-corrected chi connectivity index (χ3v) is 4.29. The summed E-state index contributed by atoms with van der Waals surface area (Å²) in [6.45, 7) is 11.4. The molecule has 0 spiro atoms. The van der Waals surface area contributed by atoms with Crippen molar-refractivity contribution in [3.05, 3.63) is 71.8 Å². The zero-order valence-electron chi connectivity index (χ0n) is 15.1. The first-order valence-corrected chi connectivity index (χ1v) is 8.80. The number of nitrogens with zero attached hydrogens (tertiary/aromatic N) is 1. The van der Waals surface area contributed by atoms with E-state index in [9.17, 15) is 0 Å². The van der Waals surface area contributed by atoms with E-state index in [1.165, 1.54) is 24.0 Å². The molecule has 0 aliphatic carbocycles. The van der Waals surface area contributed by atoms with Crippen molar-refractivity contribution in [2.75, 3.05) is 0 Å². The predicted molar refractivity (Wildman–Crippen MR) is 100 cm³/mol.